The lowest BCUT2D eigenvalue weighted by molar-refractivity contribution is 0.110. The fraction of sp³-hybridized carbons (Fsp3) is 0.692. The summed E-state index contributed by atoms with van der Waals surface area (Å²) in [6.45, 7) is 2.98. The van der Waals surface area contributed by atoms with Crippen LogP contribution in [0.25, 0.3) is 0 Å². The van der Waals surface area contributed by atoms with Crippen molar-refractivity contribution in [2.45, 2.75) is 51.2 Å². The average Bonchev–Trinajstić information content (AvgIpc) is 2.82. The van der Waals surface area contributed by atoms with Gasteiger partial charge in [-0.25, -0.2) is 9.97 Å². The first kappa shape index (κ1) is 12.5. The topological polar surface area (TPSA) is 61.0 Å². The molecule has 0 aliphatic carbocycles. The van der Waals surface area contributed by atoms with E-state index >= 15 is 0 Å². The van der Waals surface area contributed by atoms with E-state index in [1.807, 2.05) is 12.3 Å². The molecule has 1 aliphatic rings. The molecule has 17 heavy (non-hydrogen) atoms. The van der Waals surface area contributed by atoms with E-state index in [2.05, 4.69) is 16.9 Å². The van der Waals surface area contributed by atoms with E-state index in [4.69, 9.17) is 10.5 Å². The van der Waals surface area contributed by atoms with Crippen LogP contribution in [-0.4, -0.2) is 28.7 Å². The molecule has 2 unspecified atom stereocenters. The summed E-state index contributed by atoms with van der Waals surface area (Å²) in [7, 11) is 0. The maximum Gasteiger partial charge on any atom is 0.131 e. The normalized spacial score (nSPS) is 21.6. The third-order valence-electron chi connectivity index (χ3n) is 3.19. The van der Waals surface area contributed by atoms with Gasteiger partial charge in [-0.1, -0.05) is 6.92 Å². The van der Waals surface area contributed by atoms with Crippen LogP contribution in [0, 0.1) is 0 Å². The zero-order valence-electron chi connectivity index (χ0n) is 10.4. The molecule has 0 saturated carbocycles. The third kappa shape index (κ3) is 3.75. The van der Waals surface area contributed by atoms with Gasteiger partial charge in [-0.05, 0) is 25.3 Å². The van der Waals surface area contributed by atoms with Crippen LogP contribution in [0.5, 0.6) is 0 Å². The minimum Gasteiger partial charge on any atom is -0.378 e. The molecular weight excluding hydrogens is 214 g/mol. The molecule has 0 aromatic carbocycles. The van der Waals surface area contributed by atoms with E-state index in [0.29, 0.717) is 6.10 Å². The first-order chi connectivity index (χ1) is 8.28. The SMILES string of the molecule is CCC(N)Cc1ccnc(CC2CCCO2)n1. The Morgan fingerprint density at radius 2 is 2.47 bits per heavy atom. The van der Waals surface area contributed by atoms with Gasteiger partial charge in [0.25, 0.3) is 0 Å². The second-order valence-electron chi connectivity index (χ2n) is 4.68. The molecule has 0 amide bonds. The quantitative estimate of drug-likeness (QED) is 0.839. The van der Waals surface area contributed by atoms with Gasteiger partial charge in [0.15, 0.2) is 0 Å². The van der Waals surface area contributed by atoms with Crippen molar-refractivity contribution in [1.82, 2.24) is 9.97 Å². The molecule has 1 aromatic heterocycles. The highest BCUT2D eigenvalue weighted by Gasteiger charge is 2.17. The van der Waals surface area contributed by atoms with Crippen molar-refractivity contribution < 1.29 is 4.74 Å². The summed E-state index contributed by atoms with van der Waals surface area (Å²) in [5.74, 6) is 0.887. The number of hydrogen-bond acceptors (Lipinski definition) is 4. The first-order valence-corrected chi connectivity index (χ1v) is 6.46. The highest BCUT2D eigenvalue weighted by atomic mass is 16.5. The Kier molecular flexibility index (Phi) is 4.45. The Bertz CT molecular complexity index is 350. The number of rotatable bonds is 5. The molecule has 0 spiro atoms. The van der Waals surface area contributed by atoms with Crippen molar-refractivity contribution in [3.8, 4) is 0 Å². The number of ether oxygens (including phenoxy) is 1. The number of hydrogen-bond donors (Lipinski definition) is 1. The van der Waals surface area contributed by atoms with E-state index in [-0.39, 0.29) is 6.04 Å². The number of nitrogens with two attached hydrogens (primary N) is 1. The average molecular weight is 235 g/mol. The molecule has 0 radical (unpaired) electrons. The Hall–Kier alpha value is -1.00. The van der Waals surface area contributed by atoms with E-state index in [1.54, 1.807) is 0 Å². The van der Waals surface area contributed by atoms with Crippen molar-refractivity contribution in [1.29, 1.82) is 0 Å². The van der Waals surface area contributed by atoms with Gasteiger partial charge >= 0.3 is 0 Å². The van der Waals surface area contributed by atoms with Crippen molar-refractivity contribution in [3.05, 3.63) is 23.8 Å². The Balaban J connectivity index is 1.95. The number of nitrogens with zero attached hydrogens (tertiary/aromatic N) is 2. The summed E-state index contributed by atoms with van der Waals surface area (Å²) in [5.41, 5.74) is 6.98. The molecule has 4 nitrogen and oxygen atoms in total. The van der Waals surface area contributed by atoms with E-state index in [1.165, 1.54) is 0 Å². The second kappa shape index (κ2) is 6.07. The molecule has 1 aliphatic heterocycles. The molecular formula is C13H21N3O. The van der Waals surface area contributed by atoms with Crippen LogP contribution < -0.4 is 5.73 Å². The van der Waals surface area contributed by atoms with Gasteiger partial charge in [0.1, 0.15) is 5.82 Å². The van der Waals surface area contributed by atoms with E-state index in [9.17, 15) is 0 Å². The summed E-state index contributed by atoms with van der Waals surface area (Å²) >= 11 is 0. The molecule has 94 valence electrons. The molecule has 2 rings (SSSR count). The van der Waals surface area contributed by atoms with Crippen molar-refractivity contribution in [2.24, 2.45) is 5.73 Å². The van der Waals surface area contributed by atoms with Crippen molar-refractivity contribution >= 4 is 0 Å². The summed E-state index contributed by atoms with van der Waals surface area (Å²) < 4.78 is 5.59. The predicted molar refractivity (Wildman–Crippen MR) is 66.7 cm³/mol. The minimum atomic E-state index is 0.195. The first-order valence-electron chi connectivity index (χ1n) is 6.46. The summed E-state index contributed by atoms with van der Waals surface area (Å²) in [6.07, 6.45) is 7.06. The molecule has 4 heteroatoms. The predicted octanol–water partition coefficient (Wildman–Crippen LogP) is 1.48. The Labute approximate surface area is 103 Å². The van der Waals surface area contributed by atoms with E-state index in [0.717, 1.165) is 50.2 Å². The Morgan fingerprint density at radius 1 is 1.59 bits per heavy atom. The van der Waals surface area contributed by atoms with Crippen LogP contribution in [-0.2, 0) is 17.6 Å². The van der Waals surface area contributed by atoms with Crippen molar-refractivity contribution in [3.63, 3.8) is 0 Å². The van der Waals surface area contributed by atoms with E-state index < -0.39 is 0 Å². The highest BCUT2D eigenvalue weighted by Crippen LogP contribution is 2.15. The lowest BCUT2D eigenvalue weighted by atomic mass is 10.1. The van der Waals surface area contributed by atoms with Gasteiger partial charge in [-0.15, -0.1) is 0 Å². The fourth-order valence-corrected chi connectivity index (χ4v) is 2.08. The van der Waals surface area contributed by atoms with Gasteiger partial charge in [0, 0.05) is 37.4 Å². The Morgan fingerprint density at radius 3 is 3.18 bits per heavy atom. The molecule has 1 saturated heterocycles. The summed E-state index contributed by atoms with van der Waals surface area (Å²) in [4.78, 5) is 8.86. The van der Waals surface area contributed by atoms with Gasteiger partial charge in [0.2, 0.25) is 0 Å². The fourth-order valence-electron chi connectivity index (χ4n) is 2.08. The standard InChI is InChI=1S/C13H21N3O/c1-2-10(14)8-11-5-6-15-13(16-11)9-12-4-3-7-17-12/h5-6,10,12H,2-4,7-9,14H2,1H3. The van der Waals surface area contributed by atoms with Gasteiger partial charge in [0.05, 0.1) is 6.10 Å². The minimum absolute atomic E-state index is 0.195. The third-order valence-corrected chi connectivity index (χ3v) is 3.19. The lowest BCUT2D eigenvalue weighted by Gasteiger charge is -2.10. The molecule has 0 bridgehead atoms. The van der Waals surface area contributed by atoms with Gasteiger partial charge < -0.3 is 10.5 Å². The van der Waals surface area contributed by atoms with Crippen molar-refractivity contribution in [2.75, 3.05) is 6.61 Å². The summed E-state index contributed by atoms with van der Waals surface area (Å²) in [6, 6.07) is 2.15. The molecule has 2 N–H and O–H groups in total. The molecule has 1 fully saturated rings. The zero-order chi connectivity index (χ0) is 12.1. The molecule has 1 aromatic rings. The lowest BCUT2D eigenvalue weighted by Crippen LogP contribution is -2.22. The molecule has 2 heterocycles. The smallest absolute Gasteiger partial charge is 0.131 e. The maximum absolute atomic E-state index is 5.93. The van der Waals surface area contributed by atoms with Gasteiger partial charge in [-0.2, -0.15) is 0 Å². The van der Waals surface area contributed by atoms with Crippen LogP contribution in [0.15, 0.2) is 12.3 Å². The molecule has 2 atom stereocenters. The van der Waals surface area contributed by atoms with Crippen LogP contribution in [0.3, 0.4) is 0 Å². The monoisotopic (exact) mass is 235 g/mol. The van der Waals surface area contributed by atoms with Crippen LogP contribution in [0.1, 0.15) is 37.7 Å². The van der Waals surface area contributed by atoms with Crippen LogP contribution in [0.2, 0.25) is 0 Å². The van der Waals surface area contributed by atoms with Crippen LogP contribution in [0.4, 0.5) is 0 Å². The second-order valence-corrected chi connectivity index (χ2v) is 4.68. The summed E-state index contributed by atoms with van der Waals surface area (Å²) in [5, 5.41) is 0. The number of aromatic nitrogens is 2. The maximum atomic E-state index is 5.93. The zero-order valence-corrected chi connectivity index (χ0v) is 10.4. The highest BCUT2D eigenvalue weighted by molar-refractivity contribution is 5.05. The van der Waals surface area contributed by atoms with Gasteiger partial charge in [-0.3, -0.25) is 0 Å². The largest absolute Gasteiger partial charge is 0.378 e. The van der Waals surface area contributed by atoms with Crippen LogP contribution >= 0.6 is 0 Å².